The molecule has 82 valence electrons. The highest BCUT2D eigenvalue weighted by molar-refractivity contribution is 9.10. The van der Waals surface area contributed by atoms with Crippen molar-refractivity contribution in [3.8, 4) is 0 Å². The molecule has 1 aromatic carbocycles. The predicted octanol–water partition coefficient (Wildman–Crippen LogP) is 3.68. The van der Waals surface area contributed by atoms with Gasteiger partial charge in [0.2, 0.25) is 0 Å². The SMILES string of the molecule is O=C(Nc1cccc(Cl)c1Br)c1ccc[nH]1. The van der Waals surface area contributed by atoms with E-state index in [0.29, 0.717) is 20.9 Å². The third-order valence-electron chi connectivity index (χ3n) is 2.04. The van der Waals surface area contributed by atoms with Crippen LogP contribution < -0.4 is 5.32 Å². The fourth-order valence-electron chi connectivity index (χ4n) is 1.26. The van der Waals surface area contributed by atoms with Crippen LogP contribution in [0.25, 0.3) is 0 Å². The summed E-state index contributed by atoms with van der Waals surface area (Å²) in [5.41, 5.74) is 1.15. The van der Waals surface area contributed by atoms with Crippen molar-refractivity contribution in [3.05, 3.63) is 51.7 Å². The van der Waals surface area contributed by atoms with E-state index in [4.69, 9.17) is 11.6 Å². The molecule has 3 nitrogen and oxygen atoms in total. The van der Waals surface area contributed by atoms with E-state index in [0.717, 1.165) is 0 Å². The molecule has 0 atom stereocenters. The van der Waals surface area contributed by atoms with Crippen molar-refractivity contribution >= 4 is 39.1 Å². The standard InChI is InChI=1S/C11H8BrClN2O/c12-10-7(13)3-1-4-8(10)15-11(16)9-5-2-6-14-9/h1-6,14H,(H,15,16). The molecule has 1 aromatic heterocycles. The first-order valence-corrected chi connectivity index (χ1v) is 5.74. The zero-order valence-corrected chi connectivity index (χ0v) is 10.5. The Morgan fingerprint density at radius 3 is 2.81 bits per heavy atom. The van der Waals surface area contributed by atoms with Gasteiger partial charge in [0.05, 0.1) is 15.2 Å². The van der Waals surface area contributed by atoms with Gasteiger partial charge in [-0.2, -0.15) is 0 Å². The van der Waals surface area contributed by atoms with Crippen LogP contribution >= 0.6 is 27.5 Å². The predicted molar refractivity (Wildman–Crippen MR) is 67.9 cm³/mol. The molecule has 0 aliphatic carbocycles. The van der Waals surface area contributed by atoms with E-state index in [1.165, 1.54) is 0 Å². The number of hydrogen-bond donors (Lipinski definition) is 2. The van der Waals surface area contributed by atoms with Crippen LogP contribution in [0.5, 0.6) is 0 Å². The smallest absolute Gasteiger partial charge is 0.272 e. The third kappa shape index (κ3) is 2.28. The molecule has 2 N–H and O–H groups in total. The monoisotopic (exact) mass is 298 g/mol. The molecule has 0 radical (unpaired) electrons. The number of carbonyl (C=O) groups is 1. The Labute approximate surface area is 106 Å². The lowest BCUT2D eigenvalue weighted by molar-refractivity contribution is 0.102. The first kappa shape index (κ1) is 11.2. The van der Waals surface area contributed by atoms with Crippen molar-refractivity contribution in [1.29, 1.82) is 0 Å². The number of benzene rings is 1. The second-order valence-electron chi connectivity index (χ2n) is 3.14. The second kappa shape index (κ2) is 4.72. The molecule has 0 aliphatic rings. The number of aromatic nitrogens is 1. The summed E-state index contributed by atoms with van der Waals surface area (Å²) in [7, 11) is 0. The van der Waals surface area contributed by atoms with E-state index in [2.05, 4.69) is 26.2 Å². The molecule has 16 heavy (non-hydrogen) atoms. The number of rotatable bonds is 2. The number of H-pyrrole nitrogens is 1. The Morgan fingerprint density at radius 1 is 1.31 bits per heavy atom. The van der Waals surface area contributed by atoms with Crippen molar-refractivity contribution in [2.45, 2.75) is 0 Å². The number of anilines is 1. The Balaban J connectivity index is 2.22. The second-order valence-corrected chi connectivity index (χ2v) is 4.34. The van der Waals surface area contributed by atoms with E-state index in [-0.39, 0.29) is 5.91 Å². The van der Waals surface area contributed by atoms with Crippen LogP contribution in [0.15, 0.2) is 41.0 Å². The number of halogens is 2. The summed E-state index contributed by atoms with van der Waals surface area (Å²) >= 11 is 9.23. The average molecular weight is 300 g/mol. The molecule has 0 spiro atoms. The van der Waals surface area contributed by atoms with Crippen LogP contribution in [0, 0.1) is 0 Å². The molecule has 1 heterocycles. The van der Waals surface area contributed by atoms with Crippen LogP contribution in [0.2, 0.25) is 5.02 Å². The summed E-state index contributed by atoms with van der Waals surface area (Å²) in [4.78, 5) is 14.6. The molecule has 0 saturated carbocycles. The minimum Gasteiger partial charge on any atom is -0.357 e. The fourth-order valence-corrected chi connectivity index (χ4v) is 1.80. The molecular formula is C11H8BrClN2O. The third-order valence-corrected chi connectivity index (χ3v) is 3.44. The maximum atomic E-state index is 11.7. The fraction of sp³-hybridized carbons (Fsp3) is 0. The summed E-state index contributed by atoms with van der Waals surface area (Å²) in [6.07, 6.45) is 1.70. The molecule has 0 fully saturated rings. The molecule has 0 saturated heterocycles. The van der Waals surface area contributed by atoms with Gasteiger partial charge in [-0.15, -0.1) is 0 Å². The Bertz CT molecular complexity index is 511. The highest BCUT2D eigenvalue weighted by atomic mass is 79.9. The molecule has 0 bridgehead atoms. The van der Waals surface area contributed by atoms with Gasteiger partial charge in [0.15, 0.2) is 0 Å². The van der Waals surface area contributed by atoms with Crippen LogP contribution in [0.3, 0.4) is 0 Å². The van der Waals surface area contributed by atoms with Crippen molar-refractivity contribution in [3.63, 3.8) is 0 Å². The number of aromatic amines is 1. The van der Waals surface area contributed by atoms with Crippen molar-refractivity contribution in [2.75, 3.05) is 5.32 Å². The Hall–Kier alpha value is -1.26. The highest BCUT2D eigenvalue weighted by Gasteiger charge is 2.09. The zero-order valence-electron chi connectivity index (χ0n) is 8.13. The van der Waals surface area contributed by atoms with Gasteiger partial charge in [0, 0.05) is 6.20 Å². The van der Waals surface area contributed by atoms with Crippen LogP contribution in [0.4, 0.5) is 5.69 Å². The molecular weight excluding hydrogens is 291 g/mol. The van der Waals surface area contributed by atoms with Gasteiger partial charge in [-0.25, -0.2) is 0 Å². The van der Waals surface area contributed by atoms with Crippen LogP contribution in [-0.2, 0) is 0 Å². The maximum absolute atomic E-state index is 11.7. The van der Waals surface area contributed by atoms with Gasteiger partial charge in [-0.3, -0.25) is 4.79 Å². The Kier molecular flexibility index (Phi) is 3.31. The van der Waals surface area contributed by atoms with Crippen LogP contribution in [-0.4, -0.2) is 10.9 Å². The minimum atomic E-state index is -0.201. The summed E-state index contributed by atoms with van der Waals surface area (Å²) in [5, 5.41) is 3.31. The van der Waals surface area contributed by atoms with E-state index in [9.17, 15) is 4.79 Å². The average Bonchev–Trinajstić information content (AvgIpc) is 2.78. The summed E-state index contributed by atoms with van der Waals surface area (Å²) in [6, 6.07) is 8.76. The van der Waals surface area contributed by atoms with Gasteiger partial charge in [-0.05, 0) is 40.2 Å². The largest absolute Gasteiger partial charge is 0.357 e. The molecule has 5 heteroatoms. The number of nitrogens with one attached hydrogen (secondary N) is 2. The molecule has 0 unspecified atom stereocenters. The maximum Gasteiger partial charge on any atom is 0.272 e. The van der Waals surface area contributed by atoms with Crippen molar-refractivity contribution in [2.24, 2.45) is 0 Å². The number of hydrogen-bond acceptors (Lipinski definition) is 1. The van der Waals surface area contributed by atoms with Gasteiger partial charge in [0.1, 0.15) is 5.69 Å². The highest BCUT2D eigenvalue weighted by Crippen LogP contribution is 2.30. The minimum absolute atomic E-state index is 0.201. The van der Waals surface area contributed by atoms with E-state index < -0.39 is 0 Å². The summed E-state index contributed by atoms with van der Waals surface area (Å²) < 4.78 is 0.677. The first-order valence-electron chi connectivity index (χ1n) is 4.57. The lowest BCUT2D eigenvalue weighted by Gasteiger charge is -2.07. The quantitative estimate of drug-likeness (QED) is 0.873. The van der Waals surface area contributed by atoms with Crippen molar-refractivity contribution < 1.29 is 4.79 Å². The normalized spacial score (nSPS) is 10.1. The molecule has 0 aliphatic heterocycles. The zero-order chi connectivity index (χ0) is 11.5. The molecule has 1 amide bonds. The molecule has 2 aromatic rings. The van der Waals surface area contributed by atoms with Crippen molar-refractivity contribution in [1.82, 2.24) is 4.98 Å². The van der Waals surface area contributed by atoms with Gasteiger partial charge in [-0.1, -0.05) is 17.7 Å². The number of amides is 1. The molecule has 2 rings (SSSR count). The van der Waals surface area contributed by atoms with Gasteiger partial charge in [0.25, 0.3) is 5.91 Å². The Morgan fingerprint density at radius 2 is 2.12 bits per heavy atom. The van der Waals surface area contributed by atoms with E-state index in [1.54, 1.807) is 36.5 Å². The van der Waals surface area contributed by atoms with Gasteiger partial charge < -0.3 is 10.3 Å². The first-order chi connectivity index (χ1) is 7.68. The lowest BCUT2D eigenvalue weighted by atomic mass is 10.3. The topological polar surface area (TPSA) is 44.9 Å². The summed E-state index contributed by atoms with van der Waals surface area (Å²) in [5.74, 6) is -0.201. The van der Waals surface area contributed by atoms with E-state index >= 15 is 0 Å². The van der Waals surface area contributed by atoms with Crippen LogP contribution in [0.1, 0.15) is 10.5 Å². The summed E-state index contributed by atoms with van der Waals surface area (Å²) in [6.45, 7) is 0. The number of carbonyl (C=O) groups excluding carboxylic acids is 1. The van der Waals surface area contributed by atoms with Gasteiger partial charge >= 0.3 is 0 Å². The lowest BCUT2D eigenvalue weighted by Crippen LogP contribution is -2.12. The van der Waals surface area contributed by atoms with E-state index in [1.807, 2.05) is 0 Å².